The van der Waals surface area contributed by atoms with Gasteiger partial charge in [-0.1, -0.05) is 23.9 Å². The van der Waals surface area contributed by atoms with Crippen LogP contribution in [0, 0.1) is 5.82 Å². The highest BCUT2D eigenvalue weighted by Gasteiger charge is 2.10. The molecule has 1 aromatic heterocycles. The van der Waals surface area contributed by atoms with E-state index in [0.29, 0.717) is 14.8 Å². The van der Waals surface area contributed by atoms with Gasteiger partial charge in [0.15, 0.2) is 4.34 Å². The molecule has 15 heavy (non-hydrogen) atoms. The summed E-state index contributed by atoms with van der Waals surface area (Å²) in [4.78, 5) is 4.36. The van der Waals surface area contributed by atoms with Crippen molar-refractivity contribution in [3.05, 3.63) is 35.9 Å². The lowest BCUT2D eigenvalue weighted by molar-refractivity contribution is 0.277. The predicted octanol–water partition coefficient (Wildman–Crippen LogP) is 2.32. The van der Waals surface area contributed by atoms with Gasteiger partial charge in [0.1, 0.15) is 12.1 Å². The van der Waals surface area contributed by atoms with E-state index in [9.17, 15) is 4.39 Å². The number of rotatable bonds is 3. The first-order valence-electron chi connectivity index (χ1n) is 4.14. The molecule has 1 N–H and O–H groups in total. The first-order valence-corrected chi connectivity index (χ1v) is 5.73. The van der Waals surface area contributed by atoms with Crippen molar-refractivity contribution in [2.75, 3.05) is 0 Å². The Morgan fingerprint density at radius 2 is 2.33 bits per heavy atom. The van der Waals surface area contributed by atoms with Gasteiger partial charge in [0, 0.05) is 0 Å². The van der Waals surface area contributed by atoms with E-state index in [-0.39, 0.29) is 12.4 Å². The zero-order valence-electron chi connectivity index (χ0n) is 7.55. The van der Waals surface area contributed by atoms with Gasteiger partial charge in [0.2, 0.25) is 0 Å². The molecule has 0 saturated heterocycles. The molecule has 0 aliphatic heterocycles. The normalized spacial score (nSPS) is 10.5. The highest BCUT2D eigenvalue weighted by molar-refractivity contribution is 8.01. The van der Waals surface area contributed by atoms with Crippen LogP contribution in [-0.4, -0.2) is 14.5 Å². The van der Waals surface area contributed by atoms with E-state index in [0.717, 1.165) is 0 Å². The summed E-state index contributed by atoms with van der Waals surface area (Å²) in [7, 11) is 0. The number of aliphatic hydroxyl groups is 1. The maximum atomic E-state index is 13.5. The lowest BCUT2D eigenvalue weighted by Crippen LogP contribution is -1.90. The van der Waals surface area contributed by atoms with Crippen molar-refractivity contribution in [3.8, 4) is 0 Å². The molecular weight excluding hydrogens is 235 g/mol. The smallest absolute Gasteiger partial charge is 0.174 e. The maximum Gasteiger partial charge on any atom is 0.174 e. The molecule has 0 aliphatic carbocycles. The first-order chi connectivity index (χ1) is 7.31. The Balaban J connectivity index is 2.34. The highest BCUT2D eigenvalue weighted by atomic mass is 32.2. The van der Waals surface area contributed by atoms with Crippen LogP contribution in [-0.2, 0) is 6.61 Å². The van der Waals surface area contributed by atoms with Crippen LogP contribution in [0.1, 0.15) is 5.56 Å². The van der Waals surface area contributed by atoms with Crippen LogP contribution in [0.25, 0.3) is 0 Å². The molecule has 0 spiro atoms. The quantitative estimate of drug-likeness (QED) is 0.897. The first kappa shape index (κ1) is 10.5. The minimum absolute atomic E-state index is 0.182. The Labute approximate surface area is 94.2 Å². The Morgan fingerprint density at radius 3 is 3.00 bits per heavy atom. The third-order valence-electron chi connectivity index (χ3n) is 1.75. The van der Waals surface area contributed by atoms with Gasteiger partial charge >= 0.3 is 0 Å². The molecule has 6 heteroatoms. The minimum Gasteiger partial charge on any atom is -0.392 e. The maximum absolute atomic E-state index is 13.5. The summed E-state index contributed by atoms with van der Waals surface area (Å²) < 4.78 is 17.9. The Morgan fingerprint density at radius 1 is 1.47 bits per heavy atom. The van der Waals surface area contributed by atoms with Gasteiger partial charge in [-0.2, -0.15) is 4.37 Å². The number of aromatic nitrogens is 2. The summed E-state index contributed by atoms with van der Waals surface area (Å²) >= 11 is 2.38. The van der Waals surface area contributed by atoms with E-state index in [1.807, 2.05) is 0 Å². The van der Waals surface area contributed by atoms with Crippen LogP contribution in [0.4, 0.5) is 4.39 Å². The third-order valence-corrected chi connectivity index (χ3v) is 3.63. The van der Waals surface area contributed by atoms with Gasteiger partial charge in [0.05, 0.1) is 11.5 Å². The van der Waals surface area contributed by atoms with Crippen LogP contribution >= 0.6 is 23.3 Å². The van der Waals surface area contributed by atoms with Crippen molar-refractivity contribution in [3.63, 3.8) is 0 Å². The van der Waals surface area contributed by atoms with Crippen molar-refractivity contribution >= 4 is 23.3 Å². The van der Waals surface area contributed by atoms with Gasteiger partial charge < -0.3 is 5.11 Å². The summed E-state index contributed by atoms with van der Waals surface area (Å²) in [5, 5.41) is 9.06. The Bertz CT molecular complexity index is 447. The van der Waals surface area contributed by atoms with E-state index in [1.165, 1.54) is 35.7 Å². The molecule has 0 atom stereocenters. The molecular formula is C9H7FN2OS2. The van der Waals surface area contributed by atoms with E-state index < -0.39 is 0 Å². The number of nitrogens with zero attached hydrogens (tertiary/aromatic N) is 2. The molecule has 0 unspecified atom stereocenters. The lowest BCUT2D eigenvalue weighted by Gasteiger charge is -2.05. The zero-order chi connectivity index (χ0) is 10.7. The average Bonchev–Trinajstić information content (AvgIpc) is 2.74. The average molecular weight is 242 g/mol. The number of aliphatic hydroxyl groups excluding tert-OH is 1. The largest absolute Gasteiger partial charge is 0.392 e. The molecule has 0 amide bonds. The molecule has 1 aromatic carbocycles. The monoisotopic (exact) mass is 242 g/mol. The van der Waals surface area contributed by atoms with Crippen molar-refractivity contribution in [2.24, 2.45) is 0 Å². The molecule has 2 aromatic rings. The van der Waals surface area contributed by atoms with Gasteiger partial charge in [-0.05, 0) is 23.2 Å². The zero-order valence-corrected chi connectivity index (χ0v) is 9.19. The fourth-order valence-electron chi connectivity index (χ4n) is 1.09. The Hall–Kier alpha value is -0.980. The van der Waals surface area contributed by atoms with Crippen molar-refractivity contribution < 1.29 is 9.50 Å². The van der Waals surface area contributed by atoms with Crippen molar-refractivity contribution in [1.82, 2.24) is 9.36 Å². The van der Waals surface area contributed by atoms with Crippen LogP contribution in [0.3, 0.4) is 0 Å². The molecule has 0 fully saturated rings. The minimum atomic E-state index is -0.346. The van der Waals surface area contributed by atoms with Crippen LogP contribution in [0.5, 0.6) is 0 Å². The van der Waals surface area contributed by atoms with Crippen molar-refractivity contribution in [1.29, 1.82) is 0 Å². The molecule has 0 bridgehead atoms. The number of benzene rings is 1. The van der Waals surface area contributed by atoms with Crippen LogP contribution in [0.2, 0.25) is 0 Å². The third kappa shape index (κ3) is 2.34. The number of hydrogen-bond acceptors (Lipinski definition) is 5. The summed E-state index contributed by atoms with van der Waals surface area (Å²) in [6.07, 6.45) is 1.42. The fourth-order valence-corrected chi connectivity index (χ4v) is 2.60. The van der Waals surface area contributed by atoms with E-state index in [2.05, 4.69) is 9.36 Å². The van der Waals surface area contributed by atoms with Gasteiger partial charge in [0.25, 0.3) is 0 Å². The second-order valence-electron chi connectivity index (χ2n) is 2.70. The molecule has 78 valence electrons. The van der Waals surface area contributed by atoms with Crippen LogP contribution < -0.4 is 0 Å². The van der Waals surface area contributed by atoms with E-state index >= 15 is 0 Å². The molecule has 0 radical (unpaired) electrons. The molecule has 1 heterocycles. The van der Waals surface area contributed by atoms with Gasteiger partial charge in [-0.3, -0.25) is 0 Å². The standard InChI is InChI=1S/C9H7FN2OS2/c10-7-3-1-2-6(4-13)8(7)14-9-11-5-12-15-9/h1-3,5,13H,4H2. The van der Waals surface area contributed by atoms with Gasteiger partial charge in [-0.25, -0.2) is 9.37 Å². The Kier molecular flexibility index (Phi) is 3.30. The SMILES string of the molecule is OCc1cccc(F)c1Sc1ncns1. The summed E-state index contributed by atoms with van der Waals surface area (Å²) in [6.45, 7) is -0.182. The molecule has 3 nitrogen and oxygen atoms in total. The summed E-state index contributed by atoms with van der Waals surface area (Å²) in [5.74, 6) is -0.346. The number of halogens is 1. The van der Waals surface area contributed by atoms with E-state index in [4.69, 9.17) is 5.11 Å². The second kappa shape index (κ2) is 4.69. The number of hydrogen-bond donors (Lipinski definition) is 1. The summed E-state index contributed by atoms with van der Waals surface area (Å²) in [5.41, 5.74) is 0.565. The second-order valence-corrected chi connectivity index (χ2v) is 4.73. The molecule has 2 rings (SSSR count). The summed E-state index contributed by atoms with van der Waals surface area (Å²) in [6, 6.07) is 4.63. The predicted molar refractivity (Wildman–Crippen MR) is 56.4 cm³/mol. The highest BCUT2D eigenvalue weighted by Crippen LogP contribution is 2.32. The van der Waals surface area contributed by atoms with Crippen LogP contribution in [0.15, 0.2) is 33.8 Å². The fraction of sp³-hybridized carbons (Fsp3) is 0.111. The van der Waals surface area contributed by atoms with E-state index in [1.54, 1.807) is 12.1 Å². The molecule has 0 saturated carbocycles. The van der Waals surface area contributed by atoms with Gasteiger partial charge in [-0.15, -0.1) is 0 Å². The molecule has 0 aliphatic rings. The van der Waals surface area contributed by atoms with Crippen molar-refractivity contribution in [2.45, 2.75) is 15.8 Å². The topological polar surface area (TPSA) is 46.0 Å². The lowest BCUT2D eigenvalue weighted by atomic mass is 10.2.